The van der Waals surface area contributed by atoms with Crippen molar-refractivity contribution < 1.29 is 14.8 Å². The molecule has 0 saturated carbocycles. The van der Waals surface area contributed by atoms with Crippen molar-refractivity contribution in [2.24, 2.45) is 5.92 Å². The number of benzene rings is 1. The highest BCUT2D eigenvalue weighted by molar-refractivity contribution is 6.01. The Balaban J connectivity index is 2.26. The van der Waals surface area contributed by atoms with Gasteiger partial charge in [0, 0.05) is 19.2 Å². The Morgan fingerprint density at radius 2 is 2.25 bits per heavy atom. The van der Waals surface area contributed by atoms with E-state index in [0.29, 0.717) is 19.5 Å². The van der Waals surface area contributed by atoms with Crippen LogP contribution < -0.4 is 5.73 Å². The topological polar surface area (TPSA) is 110 Å². The fourth-order valence-corrected chi connectivity index (χ4v) is 2.39. The lowest BCUT2D eigenvalue weighted by atomic mass is 9.96. The van der Waals surface area contributed by atoms with Crippen LogP contribution in [0, 0.1) is 16.0 Å². The molecule has 2 atom stereocenters. The zero-order chi connectivity index (χ0) is 14.9. The normalized spacial score (nSPS) is 22.6. The number of piperidine rings is 1. The number of nitrogens with zero attached hydrogens (tertiary/aromatic N) is 2. The van der Waals surface area contributed by atoms with E-state index in [1.807, 2.05) is 6.92 Å². The number of nitro benzene ring substituents is 1. The predicted octanol–water partition coefficient (Wildman–Crippen LogP) is 1.02. The zero-order valence-corrected chi connectivity index (χ0v) is 11.2. The number of carbonyl (C=O) groups is 1. The molecule has 0 aromatic heterocycles. The lowest BCUT2D eigenvalue weighted by molar-refractivity contribution is -0.383. The first-order valence-corrected chi connectivity index (χ1v) is 6.42. The van der Waals surface area contributed by atoms with Gasteiger partial charge >= 0.3 is 0 Å². The molecule has 0 aliphatic carbocycles. The Bertz CT molecular complexity index is 546. The quantitative estimate of drug-likeness (QED) is 0.477. The van der Waals surface area contributed by atoms with Crippen LogP contribution >= 0.6 is 0 Å². The van der Waals surface area contributed by atoms with E-state index in [-0.39, 0.29) is 28.8 Å². The molecule has 1 amide bonds. The Hall–Kier alpha value is -2.15. The number of anilines is 1. The summed E-state index contributed by atoms with van der Waals surface area (Å²) in [6.07, 6.45) is 0.0865. The van der Waals surface area contributed by atoms with Gasteiger partial charge in [0.1, 0.15) is 5.69 Å². The summed E-state index contributed by atoms with van der Waals surface area (Å²) in [5.74, 6) is -0.349. The van der Waals surface area contributed by atoms with Gasteiger partial charge in [0.2, 0.25) is 0 Å². The van der Waals surface area contributed by atoms with Crippen LogP contribution in [0.25, 0.3) is 0 Å². The van der Waals surface area contributed by atoms with E-state index in [9.17, 15) is 20.0 Å². The highest BCUT2D eigenvalue weighted by Crippen LogP contribution is 2.27. The number of nitro groups is 1. The van der Waals surface area contributed by atoms with Gasteiger partial charge in [0.25, 0.3) is 11.6 Å². The molecule has 0 bridgehead atoms. The van der Waals surface area contributed by atoms with Crippen LogP contribution in [0.3, 0.4) is 0 Å². The number of hydrogen-bond donors (Lipinski definition) is 2. The van der Waals surface area contributed by atoms with Crippen LogP contribution in [0.2, 0.25) is 0 Å². The largest absolute Gasteiger partial charge is 0.393 e. The van der Waals surface area contributed by atoms with Gasteiger partial charge in [-0.3, -0.25) is 14.9 Å². The number of aliphatic hydroxyl groups excluding tert-OH is 1. The number of aliphatic hydroxyl groups is 1. The third-order valence-electron chi connectivity index (χ3n) is 3.66. The van der Waals surface area contributed by atoms with Crippen LogP contribution in [-0.2, 0) is 0 Å². The highest BCUT2D eigenvalue weighted by atomic mass is 16.6. The molecular formula is C13H17N3O4. The van der Waals surface area contributed by atoms with Gasteiger partial charge in [-0.2, -0.15) is 0 Å². The first kappa shape index (κ1) is 14.3. The van der Waals surface area contributed by atoms with Crippen molar-refractivity contribution in [1.82, 2.24) is 4.90 Å². The molecule has 7 nitrogen and oxygen atoms in total. The summed E-state index contributed by atoms with van der Waals surface area (Å²) in [5, 5.41) is 20.5. The third kappa shape index (κ3) is 2.57. The number of amides is 1. The van der Waals surface area contributed by atoms with Gasteiger partial charge < -0.3 is 15.7 Å². The highest BCUT2D eigenvalue weighted by Gasteiger charge is 2.29. The van der Waals surface area contributed by atoms with Crippen LogP contribution in [0.5, 0.6) is 0 Å². The molecule has 108 valence electrons. The Morgan fingerprint density at radius 1 is 1.55 bits per heavy atom. The lowest BCUT2D eigenvalue weighted by Gasteiger charge is -2.34. The fraction of sp³-hybridized carbons (Fsp3) is 0.462. The summed E-state index contributed by atoms with van der Waals surface area (Å²) in [7, 11) is 0. The predicted molar refractivity (Wildman–Crippen MR) is 73.2 cm³/mol. The summed E-state index contributed by atoms with van der Waals surface area (Å²) in [6, 6.07) is 4.21. The second-order valence-electron chi connectivity index (χ2n) is 5.08. The van der Waals surface area contributed by atoms with Crippen molar-refractivity contribution in [3.8, 4) is 0 Å². The number of rotatable bonds is 2. The number of hydrogen-bond acceptors (Lipinski definition) is 5. The number of likely N-dealkylation sites (tertiary alicyclic amines) is 1. The van der Waals surface area contributed by atoms with Gasteiger partial charge in [-0.15, -0.1) is 0 Å². The molecule has 3 N–H and O–H groups in total. The maximum atomic E-state index is 12.4. The number of para-hydroxylation sites is 1. The van der Waals surface area contributed by atoms with E-state index in [1.54, 1.807) is 4.90 Å². The fourth-order valence-electron chi connectivity index (χ4n) is 2.39. The molecule has 20 heavy (non-hydrogen) atoms. The molecular weight excluding hydrogens is 262 g/mol. The van der Waals surface area contributed by atoms with E-state index in [0.717, 1.165) is 0 Å². The molecule has 1 aromatic rings. The second kappa shape index (κ2) is 5.46. The minimum absolute atomic E-state index is 0.0207. The lowest BCUT2D eigenvalue weighted by Crippen LogP contribution is -2.45. The third-order valence-corrected chi connectivity index (χ3v) is 3.66. The summed E-state index contributed by atoms with van der Waals surface area (Å²) >= 11 is 0. The van der Waals surface area contributed by atoms with Crippen LogP contribution in [-0.4, -0.2) is 40.0 Å². The van der Waals surface area contributed by atoms with Crippen molar-refractivity contribution >= 4 is 17.3 Å². The van der Waals surface area contributed by atoms with Crippen molar-refractivity contribution in [2.75, 3.05) is 18.8 Å². The molecule has 0 radical (unpaired) electrons. The van der Waals surface area contributed by atoms with Crippen LogP contribution in [0.4, 0.5) is 11.4 Å². The average Bonchev–Trinajstić information content (AvgIpc) is 2.41. The minimum atomic E-state index is -0.602. The van der Waals surface area contributed by atoms with Crippen molar-refractivity contribution in [2.45, 2.75) is 19.4 Å². The van der Waals surface area contributed by atoms with Crippen molar-refractivity contribution in [3.05, 3.63) is 33.9 Å². The number of nitrogen functional groups attached to an aromatic ring is 1. The average molecular weight is 279 g/mol. The molecule has 1 saturated heterocycles. The molecule has 1 aliphatic rings. The summed E-state index contributed by atoms with van der Waals surface area (Å²) in [4.78, 5) is 24.2. The summed E-state index contributed by atoms with van der Waals surface area (Å²) in [6.45, 7) is 2.70. The molecule has 2 unspecified atom stereocenters. The molecule has 1 fully saturated rings. The molecule has 1 heterocycles. The molecule has 7 heteroatoms. The Kier molecular flexibility index (Phi) is 3.89. The molecule has 1 aromatic carbocycles. The first-order chi connectivity index (χ1) is 9.41. The minimum Gasteiger partial charge on any atom is -0.393 e. The summed E-state index contributed by atoms with van der Waals surface area (Å²) < 4.78 is 0. The van der Waals surface area contributed by atoms with E-state index in [1.165, 1.54) is 18.2 Å². The van der Waals surface area contributed by atoms with Gasteiger partial charge in [-0.05, 0) is 18.4 Å². The maximum Gasteiger partial charge on any atom is 0.292 e. The van der Waals surface area contributed by atoms with E-state index in [4.69, 9.17) is 5.73 Å². The summed E-state index contributed by atoms with van der Waals surface area (Å²) in [5.41, 5.74) is 5.48. The van der Waals surface area contributed by atoms with Crippen LogP contribution in [0.1, 0.15) is 23.7 Å². The van der Waals surface area contributed by atoms with E-state index >= 15 is 0 Å². The maximum absolute atomic E-state index is 12.4. The van der Waals surface area contributed by atoms with Gasteiger partial charge in [-0.25, -0.2) is 0 Å². The molecule has 2 rings (SSSR count). The standard InChI is InChI=1S/C13H17N3O4/c1-8-7-15(6-5-11(8)17)13(18)9-3-2-4-10(12(9)14)16(19)20/h2-4,8,11,17H,5-7,14H2,1H3. The smallest absolute Gasteiger partial charge is 0.292 e. The van der Waals surface area contributed by atoms with E-state index < -0.39 is 11.0 Å². The SMILES string of the molecule is CC1CN(C(=O)c2cccc([N+](=O)[O-])c2N)CCC1O. The first-order valence-electron chi connectivity index (χ1n) is 6.42. The molecule has 1 aliphatic heterocycles. The second-order valence-corrected chi connectivity index (χ2v) is 5.08. The van der Waals surface area contributed by atoms with Gasteiger partial charge in [0.15, 0.2) is 0 Å². The monoisotopic (exact) mass is 279 g/mol. The molecule has 0 spiro atoms. The Morgan fingerprint density at radius 3 is 2.85 bits per heavy atom. The van der Waals surface area contributed by atoms with Gasteiger partial charge in [-0.1, -0.05) is 13.0 Å². The van der Waals surface area contributed by atoms with Crippen molar-refractivity contribution in [3.63, 3.8) is 0 Å². The van der Waals surface area contributed by atoms with Gasteiger partial charge in [0.05, 0.1) is 16.6 Å². The van der Waals surface area contributed by atoms with E-state index in [2.05, 4.69) is 0 Å². The number of carbonyl (C=O) groups excluding carboxylic acids is 1. The van der Waals surface area contributed by atoms with Crippen molar-refractivity contribution in [1.29, 1.82) is 0 Å². The Labute approximate surface area is 116 Å². The van der Waals surface area contributed by atoms with Crippen LogP contribution in [0.15, 0.2) is 18.2 Å². The zero-order valence-electron chi connectivity index (χ0n) is 11.2. The number of nitrogens with two attached hydrogens (primary N) is 1.